The van der Waals surface area contributed by atoms with Crippen LogP contribution in [0.25, 0.3) is 0 Å². The van der Waals surface area contributed by atoms with Gasteiger partial charge in [0.05, 0.1) is 0 Å². The first-order chi connectivity index (χ1) is 15.1. The lowest BCUT2D eigenvalue weighted by Crippen LogP contribution is -2.74. The fourth-order valence-electron chi connectivity index (χ4n) is 2.49. The molecule has 35 heavy (non-hydrogen) atoms. The van der Waals surface area contributed by atoms with Crippen molar-refractivity contribution in [3.63, 3.8) is 0 Å². The molecule has 0 spiro atoms. The van der Waals surface area contributed by atoms with E-state index < -0.39 is 84.3 Å². The number of hydrogen-bond donors (Lipinski definition) is 1. The predicted molar refractivity (Wildman–Crippen MR) is 75.8 cm³/mol. The molecule has 0 radical (unpaired) electrons. The van der Waals surface area contributed by atoms with Crippen LogP contribution in [0.1, 0.15) is 19.3 Å². The largest absolute Gasteiger partial charge is 0.460 e. The van der Waals surface area contributed by atoms with Crippen LogP contribution in [0, 0.1) is 0 Å². The predicted octanol–water partition coefficient (Wildman–Crippen LogP) is 5.75. The molecule has 0 saturated carbocycles. The Morgan fingerprint density at radius 1 is 0.571 bits per heavy atom. The first kappa shape index (κ1) is 30.7. The summed E-state index contributed by atoms with van der Waals surface area (Å²) in [5, 5.41) is 1.52. The molecule has 1 aliphatic heterocycles. The molecular weight excluding hydrogens is 549 g/mol. The van der Waals surface area contributed by atoms with E-state index >= 15 is 0 Å². The van der Waals surface area contributed by atoms with Gasteiger partial charge < -0.3 is 0 Å². The van der Waals surface area contributed by atoms with E-state index in [1.165, 1.54) is 5.32 Å². The molecule has 0 saturated heterocycles. The molecule has 0 unspecified atom stereocenters. The number of imide groups is 1. The monoisotopic (exact) mass is 557 g/mol. The molecule has 0 fully saturated rings. The summed E-state index contributed by atoms with van der Waals surface area (Å²) in [5.74, 6) is -59.1. The zero-order valence-electron chi connectivity index (χ0n) is 15.9. The number of hydrogen-bond acceptors (Lipinski definition) is 2. The van der Waals surface area contributed by atoms with Crippen molar-refractivity contribution in [1.29, 1.82) is 0 Å². The first-order valence-corrected chi connectivity index (χ1v) is 8.41. The highest BCUT2D eigenvalue weighted by atomic mass is 19.4. The van der Waals surface area contributed by atoms with E-state index in [4.69, 9.17) is 0 Å². The van der Waals surface area contributed by atoms with E-state index in [-0.39, 0.29) is 0 Å². The Balaban J connectivity index is 3.35. The molecule has 1 N–H and O–H groups in total. The maximum atomic E-state index is 13.7. The van der Waals surface area contributed by atoms with Crippen LogP contribution in [0.4, 0.5) is 74.6 Å². The summed E-state index contributed by atoms with van der Waals surface area (Å²) >= 11 is 0. The standard InChI is InChI=1S/C15H8F17NO2/c16-8(17,3-1-2-5-4-6(34)33-7(5)35)9(18,19)10(20,21)11(22,23)12(24,25)13(26,27)14(28,29)15(30,31)32/h4H,1-3H2,(H,33,34,35). The highest BCUT2D eigenvalue weighted by molar-refractivity contribution is 6.16. The zero-order chi connectivity index (χ0) is 28.3. The molecule has 0 atom stereocenters. The molecule has 0 aromatic heterocycles. The van der Waals surface area contributed by atoms with Crippen molar-refractivity contribution >= 4 is 11.8 Å². The van der Waals surface area contributed by atoms with Gasteiger partial charge in [0, 0.05) is 18.1 Å². The molecule has 1 aliphatic rings. The Morgan fingerprint density at radius 2 is 0.943 bits per heavy atom. The van der Waals surface area contributed by atoms with Crippen molar-refractivity contribution in [3.05, 3.63) is 11.6 Å². The van der Waals surface area contributed by atoms with Crippen LogP contribution in [-0.4, -0.2) is 59.4 Å². The molecule has 204 valence electrons. The molecular formula is C15H8F17NO2. The van der Waals surface area contributed by atoms with E-state index in [1.807, 2.05) is 0 Å². The van der Waals surface area contributed by atoms with Crippen LogP contribution < -0.4 is 5.32 Å². The van der Waals surface area contributed by atoms with E-state index in [9.17, 15) is 84.2 Å². The SMILES string of the molecule is O=C1C=C(CCCC(F)(F)C(F)(F)C(F)(F)C(F)(F)C(F)(F)C(F)(F)C(F)(F)C(F)(F)F)C(=O)N1. The molecule has 2 amide bonds. The van der Waals surface area contributed by atoms with Gasteiger partial charge >= 0.3 is 47.6 Å². The number of carbonyl (C=O) groups excluding carboxylic acids is 2. The molecule has 20 heteroatoms. The van der Waals surface area contributed by atoms with Crippen LogP contribution in [-0.2, 0) is 9.59 Å². The second-order valence-corrected chi connectivity index (χ2v) is 6.99. The Hall–Kier alpha value is -2.31. The maximum absolute atomic E-state index is 13.7. The number of carbonyl (C=O) groups is 2. The van der Waals surface area contributed by atoms with E-state index in [0.29, 0.717) is 6.08 Å². The van der Waals surface area contributed by atoms with Crippen LogP contribution >= 0.6 is 0 Å². The smallest absolute Gasteiger partial charge is 0.289 e. The first-order valence-electron chi connectivity index (χ1n) is 8.41. The highest BCUT2D eigenvalue weighted by Gasteiger charge is 2.95. The summed E-state index contributed by atoms with van der Waals surface area (Å²) in [6, 6.07) is 0. The average Bonchev–Trinajstić information content (AvgIpc) is 2.96. The van der Waals surface area contributed by atoms with Crippen LogP contribution in [0.5, 0.6) is 0 Å². The van der Waals surface area contributed by atoms with E-state index in [1.54, 1.807) is 0 Å². The van der Waals surface area contributed by atoms with Gasteiger partial charge in [-0.05, 0) is 12.8 Å². The molecule has 1 heterocycles. The highest BCUT2D eigenvalue weighted by Crippen LogP contribution is 2.64. The minimum Gasteiger partial charge on any atom is -0.289 e. The van der Waals surface area contributed by atoms with Crippen LogP contribution in [0.2, 0.25) is 0 Å². The third kappa shape index (κ3) is 4.40. The van der Waals surface area contributed by atoms with Crippen molar-refractivity contribution < 1.29 is 84.2 Å². The Morgan fingerprint density at radius 3 is 1.29 bits per heavy atom. The Labute approximate surface area is 181 Å². The minimum absolute atomic E-state index is 0.421. The van der Waals surface area contributed by atoms with Gasteiger partial charge in [0.25, 0.3) is 11.8 Å². The Bertz CT molecular complexity index is 886. The van der Waals surface area contributed by atoms with Crippen molar-refractivity contribution in [2.24, 2.45) is 0 Å². The lowest BCUT2D eigenvalue weighted by Gasteiger charge is -2.42. The molecule has 0 aromatic rings. The van der Waals surface area contributed by atoms with E-state index in [2.05, 4.69) is 0 Å². The fourth-order valence-corrected chi connectivity index (χ4v) is 2.49. The fraction of sp³-hybridized carbons (Fsp3) is 0.733. The van der Waals surface area contributed by atoms with Gasteiger partial charge in [-0.15, -0.1) is 0 Å². The summed E-state index contributed by atoms with van der Waals surface area (Å²) in [7, 11) is 0. The topological polar surface area (TPSA) is 46.2 Å². The lowest BCUT2D eigenvalue weighted by atomic mass is 9.87. The van der Waals surface area contributed by atoms with Gasteiger partial charge in [0.15, 0.2) is 0 Å². The molecule has 0 aromatic carbocycles. The lowest BCUT2D eigenvalue weighted by molar-refractivity contribution is -0.461. The van der Waals surface area contributed by atoms with Gasteiger partial charge in [0.2, 0.25) is 0 Å². The summed E-state index contributed by atoms with van der Waals surface area (Å²) in [5.41, 5.74) is -0.702. The minimum atomic E-state index is -8.67. The third-order valence-corrected chi connectivity index (χ3v) is 4.56. The second kappa shape index (κ2) is 8.38. The second-order valence-electron chi connectivity index (χ2n) is 6.99. The van der Waals surface area contributed by atoms with Crippen molar-refractivity contribution in [2.75, 3.05) is 0 Å². The number of rotatable bonds is 10. The molecule has 0 aliphatic carbocycles. The van der Waals surface area contributed by atoms with Gasteiger partial charge in [-0.1, -0.05) is 0 Å². The number of alkyl halides is 17. The van der Waals surface area contributed by atoms with Gasteiger partial charge in [-0.3, -0.25) is 14.9 Å². The number of nitrogens with one attached hydrogen (secondary N) is 1. The van der Waals surface area contributed by atoms with Crippen LogP contribution in [0.3, 0.4) is 0 Å². The normalized spacial score (nSPS) is 17.6. The zero-order valence-corrected chi connectivity index (χ0v) is 15.9. The molecule has 3 nitrogen and oxygen atoms in total. The van der Waals surface area contributed by atoms with Gasteiger partial charge in [-0.25, -0.2) is 0 Å². The summed E-state index contributed by atoms with van der Waals surface area (Å²) < 4.78 is 223. The number of halogens is 17. The van der Waals surface area contributed by atoms with Gasteiger partial charge in [-0.2, -0.15) is 74.6 Å². The van der Waals surface area contributed by atoms with Crippen molar-refractivity contribution in [2.45, 2.75) is 66.9 Å². The summed E-state index contributed by atoms with van der Waals surface area (Å²) in [6.07, 6.45) is -12.6. The quantitative estimate of drug-likeness (QED) is 0.275. The van der Waals surface area contributed by atoms with Crippen molar-refractivity contribution in [1.82, 2.24) is 5.32 Å². The average molecular weight is 557 g/mol. The maximum Gasteiger partial charge on any atom is 0.460 e. The Kier molecular flexibility index (Phi) is 7.35. The summed E-state index contributed by atoms with van der Waals surface area (Å²) in [4.78, 5) is 22.0. The van der Waals surface area contributed by atoms with Crippen molar-refractivity contribution in [3.8, 4) is 0 Å². The molecule has 1 rings (SSSR count). The summed E-state index contributed by atoms with van der Waals surface area (Å²) in [6.45, 7) is 0. The molecule has 0 bridgehead atoms. The van der Waals surface area contributed by atoms with E-state index in [0.717, 1.165) is 0 Å². The number of amides is 2. The third-order valence-electron chi connectivity index (χ3n) is 4.56. The van der Waals surface area contributed by atoms with Crippen LogP contribution in [0.15, 0.2) is 11.6 Å². The van der Waals surface area contributed by atoms with Gasteiger partial charge in [0.1, 0.15) is 0 Å².